The summed E-state index contributed by atoms with van der Waals surface area (Å²) in [4.78, 5) is 3.15. The summed E-state index contributed by atoms with van der Waals surface area (Å²) < 4.78 is 26.5. The molecule has 1 aliphatic rings. The van der Waals surface area contributed by atoms with E-state index in [1.165, 1.54) is 10.5 Å². The molecule has 100 valence electrons. The zero-order chi connectivity index (χ0) is 13.5. The van der Waals surface area contributed by atoms with Crippen LogP contribution in [0.3, 0.4) is 0 Å². The van der Waals surface area contributed by atoms with Crippen LogP contribution in [0.25, 0.3) is 0 Å². The maximum atomic E-state index is 12.5. The number of rotatable bonds is 3. The summed E-state index contributed by atoms with van der Waals surface area (Å²) in [7, 11) is -3.45. The molecule has 1 aromatic heterocycles. The maximum absolute atomic E-state index is 12.5. The summed E-state index contributed by atoms with van der Waals surface area (Å²) in [6.07, 6.45) is 1.50. The average Bonchev–Trinajstić information content (AvgIpc) is 3.05. The number of benzene rings is 1. The topological polar surface area (TPSA) is 79.2 Å². The van der Waals surface area contributed by atoms with Gasteiger partial charge in [0.1, 0.15) is 0 Å². The summed E-state index contributed by atoms with van der Waals surface area (Å²) in [5.74, 6) is 0. The van der Waals surface area contributed by atoms with E-state index in [1.54, 1.807) is 6.07 Å². The van der Waals surface area contributed by atoms with Gasteiger partial charge in [-0.25, -0.2) is 8.42 Å². The number of hydrogen-bond donors (Lipinski definition) is 2. The number of nitrogens with two attached hydrogens (primary N) is 1. The molecule has 2 heterocycles. The van der Waals surface area contributed by atoms with E-state index in [0.29, 0.717) is 19.6 Å². The molecule has 0 atom stereocenters. The molecule has 1 aliphatic heterocycles. The van der Waals surface area contributed by atoms with E-state index in [9.17, 15) is 8.42 Å². The van der Waals surface area contributed by atoms with Crippen LogP contribution < -0.4 is 5.73 Å². The molecule has 0 saturated carbocycles. The van der Waals surface area contributed by atoms with Gasteiger partial charge in [0.2, 0.25) is 10.0 Å². The first-order valence-corrected chi connectivity index (χ1v) is 7.49. The van der Waals surface area contributed by atoms with Crippen LogP contribution in [0.1, 0.15) is 16.8 Å². The Morgan fingerprint density at radius 2 is 1.84 bits per heavy atom. The van der Waals surface area contributed by atoms with Crippen LogP contribution in [0.4, 0.5) is 0 Å². The summed E-state index contributed by atoms with van der Waals surface area (Å²) >= 11 is 0. The molecule has 2 aromatic rings. The minimum Gasteiger partial charge on any atom is -0.363 e. The Morgan fingerprint density at radius 1 is 1.21 bits per heavy atom. The van der Waals surface area contributed by atoms with Crippen LogP contribution >= 0.6 is 0 Å². The third kappa shape index (κ3) is 2.07. The Morgan fingerprint density at radius 3 is 2.37 bits per heavy atom. The molecule has 0 aliphatic carbocycles. The van der Waals surface area contributed by atoms with Gasteiger partial charge in [0.05, 0.1) is 4.90 Å². The fourth-order valence-electron chi connectivity index (χ4n) is 2.31. The number of hydrogen-bond acceptors (Lipinski definition) is 3. The van der Waals surface area contributed by atoms with Gasteiger partial charge in [0.15, 0.2) is 0 Å². The van der Waals surface area contributed by atoms with Crippen LogP contribution in [0.5, 0.6) is 0 Å². The van der Waals surface area contributed by atoms with E-state index in [-0.39, 0.29) is 4.90 Å². The predicted molar refractivity (Wildman–Crippen MR) is 71.6 cm³/mol. The van der Waals surface area contributed by atoms with Gasteiger partial charge in [0.25, 0.3) is 0 Å². The number of nitrogens with zero attached hydrogens (tertiary/aromatic N) is 1. The number of fused-ring (bicyclic) bond motifs is 1. The summed E-state index contributed by atoms with van der Waals surface area (Å²) in [6, 6.07) is 9.38. The lowest BCUT2D eigenvalue weighted by Gasteiger charge is -2.14. The van der Waals surface area contributed by atoms with Crippen molar-refractivity contribution in [3.05, 3.63) is 53.3 Å². The van der Waals surface area contributed by atoms with Gasteiger partial charge in [-0.3, -0.25) is 0 Å². The van der Waals surface area contributed by atoms with Crippen molar-refractivity contribution >= 4 is 10.0 Å². The smallest absolute Gasteiger partial charge is 0.245 e. The molecule has 3 rings (SSSR count). The fraction of sp³-hybridized carbons (Fsp3) is 0.231. The number of aromatic nitrogens is 1. The number of nitrogens with one attached hydrogen (secondary N) is 1. The van der Waals surface area contributed by atoms with E-state index in [4.69, 9.17) is 5.73 Å². The van der Waals surface area contributed by atoms with E-state index < -0.39 is 10.0 Å². The van der Waals surface area contributed by atoms with Gasteiger partial charge in [-0.2, -0.15) is 4.31 Å². The van der Waals surface area contributed by atoms with E-state index in [1.807, 2.05) is 24.3 Å². The minimum atomic E-state index is -3.45. The first kappa shape index (κ1) is 12.4. The molecule has 1 aromatic carbocycles. The molecule has 0 bridgehead atoms. The molecule has 6 heteroatoms. The van der Waals surface area contributed by atoms with Crippen molar-refractivity contribution in [2.24, 2.45) is 5.73 Å². The van der Waals surface area contributed by atoms with Crippen molar-refractivity contribution < 1.29 is 8.42 Å². The van der Waals surface area contributed by atoms with Crippen molar-refractivity contribution in [3.8, 4) is 0 Å². The Labute approximate surface area is 112 Å². The second-order valence-electron chi connectivity index (χ2n) is 4.61. The Kier molecular flexibility index (Phi) is 2.93. The molecule has 5 nitrogen and oxygen atoms in total. The van der Waals surface area contributed by atoms with Crippen LogP contribution in [-0.2, 0) is 29.7 Å². The summed E-state index contributed by atoms with van der Waals surface area (Å²) in [6.45, 7) is 1.17. The van der Waals surface area contributed by atoms with Crippen LogP contribution in [0.15, 0.2) is 41.4 Å². The lowest BCUT2D eigenvalue weighted by atomic mass is 10.1. The molecule has 0 radical (unpaired) electrons. The van der Waals surface area contributed by atoms with Crippen molar-refractivity contribution in [1.82, 2.24) is 9.29 Å². The highest BCUT2D eigenvalue weighted by Crippen LogP contribution is 2.28. The lowest BCUT2D eigenvalue weighted by Crippen LogP contribution is -2.25. The maximum Gasteiger partial charge on any atom is 0.245 e. The van der Waals surface area contributed by atoms with Gasteiger partial charge in [-0.1, -0.05) is 24.3 Å². The van der Waals surface area contributed by atoms with E-state index in [2.05, 4.69) is 4.98 Å². The molecule has 0 fully saturated rings. The van der Waals surface area contributed by atoms with Crippen LogP contribution in [0, 0.1) is 0 Å². The first-order chi connectivity index (χ1) is 9.11. The summed E-state index contributed by atoms with van der Waals surface area (Å²) in [5, 5.41) is 0. The number of H-pyrrole nitrogens is 1. The fourth-order valence-corrected chi connectivity index (χ4v) is 3.72. The third-order valence-corrected chi connectivity index (χ3v) is 5.16. The van der Waals surface area contributed by atoms with E-state index >= 15 is 0 Å². The average molecular weight is 277 g/mol. The predicted octanol–water partition coefficient (Wildman–Crippen LogP) is 1.18. The number of aromatic amines is 1. The highest BCUT2D eigenvalue weighted by Gasteiger charge is 2.30. The Hall–Kier alpha value is -1.63. The monoisotopic (exact) mass is 277 g/mol. The van der Waals surface area contributed by atoms with Crippen LogP contribution in [-0.4, -0.2) is 17.7 Å². The molecule has 0 saturated heterocycles. The standard InChI is InChI=1S/C13H15N3O2S/c14-6-12-5-13(7-15-12)19(17,18)16-8-10-3-1-2-4-11(10)9-16/h1-5,7,15H,6,8-9,14H2. The Balaban J connectivity index is 1.91. The first-order valence-electron chi connectivity index (χ1n) is 6.05. The molecule has 3 N–H and O–H groups in total. The van der Waals surface area contributed by atoms with Crippen molar-refractivity contribution in [2.75, 3.05) is 0 Å². The van der Waals surface area contributed by atoms with Crippen molar-refractivity contribution in [3.63, 3.8) is 0 Å². The van der Waals surface area contributed by atoms with Gasteiger partial charge in [-0.05, 0) is 17.2 Å². The van der Waals surface area contributed by atoms with Crippen molar-refractivity contribution in [1.29, 1.82) is 0 Å². The molecule has 19 heavy (non-hydrogen) atoms. The zero-order valence-electron chi connectivity index (χ0n) is 10.3. The lowest BCUT2D eigenvalue weighted by molar-refractivity contribution is 0.431. The van der Waals surface area contributed by atoms with Crippen molar-refractivity contribution in [2.45, 2.75) is 24.5 Å². The molecule has 0 amide bonds. The number of sulfonamides is 1. The van der Waals surface area contributed by atoms with Gasteiger partial charge in [-0.15, -0.1) is 0 Å². The Bertz CT molecular complexity index is 681. The van der Waals surface area contributed by atoms with Gasteiger partial charge in [0, 0.05) is 31.5 Å². The summed E-state index contributed by atoms with van der Waals surface area (Å²) in [5.41, 5.74) is 8.35. The SMILES string of the molecule is NCc1cc(S(=O)(=O)N2Cc3ccccc3C2)c[nH]1. The third-order valence-electron chi connectivity index (χ3n) is 3.39. The van der Waals surface area contributed by atoms with E-state index in [0.717, 1.165) is 16.8 Å². The highest BCUT2D eigenvalue weighted by atomic mass is 32.2. The zero-order valence-corrected chi connectivity index (χ0v) is 11.2. The van der Waals surface area contributed by atoms with Crippen LogP contribution in [0.2, 0.25) is 0 Å². The molecule has 0 unspecified atom stereocenters. The molecular formula is C13H15N3O2S. The quantitative estimate of drug-likeness (QED) is 0.884. The molecule has 0 spiro atoms. The second kappa shape index (κ2) is 4.48. The molecular weight excluding hydrogens is 262 g/mol. The van der Waals surface area contributed by atoms with Gasteiger partial charge < -0.3 is 10.7 Å². The minimum absolute atomic E-state index is 0.278. The largest absolute Gasteiger partial charge is 0.363 e. The normalized spacial score (nSPS) is 15.6. The van der Waals surface area contributed by atoms with Gasteiger partial charge >= 0.3 is 0 Å². The highest BCUT2D eigenvalue weighted by molar-refractivity contribution is 7.89. The second-order valence-corrected chi connectivity index (χ2v) is 6.54.